The van der Waals surface area contributed by atoms with Crippen LogP contribution in [0.15, 0.2) is 4.52 Å². The van der Waals surface area contributed by atoms with Crippen LogP contribution in [-0.2, 0) is 15.6 Å². The maximum Gasteiger partial charge on any atom is 0.156 e. The molecule has 1 rings (SSSR count). The Morgan fingerprint density at radius 3 is 2.29 bits per heavy atom. The van der Waals surface area contributed by atoms with E-state index in [4.69, 9.17) is 4.52 Å². The number of sulfone groups is 1. The third-order valence-corrected chi connectivity index (χ3v) is 4.37. The summed E-state index contributed by atoms with van der Waals surface area (Å²) in [4.78, 5) is 0. The number of nitrogens with zero attached hydrogens (tertiary/aromatic N) is 1. The van der Waals surface area contributed by atoms with E-state index in [-0.39, 0.29) is 11.0 Å². The summed E-state index contributed by atoms with van der Waals surface area (Å²) in [5.74, 6) is 0.609. The van der Waals surface area contributed by atoms with Crippen molar-refractivity contribution >= 4 is 9.84 Å². The molecule has 0 aromatic carbocycles. The van der Waals surface area contributed by atoms with Gasteiger partial charge in [0.05, 0.1) is 16.7 Å². The molecule has 0 amide bonds. The van der Waals surface area contributed by atoms with Gasteiger partial charge in [-0.25, -0.2) is 8.42 Å². The topological polar surface area (TPSA) is 60.2 Å². The van der Waals surface area contributed by atoms with Gasteiger partial charge in [-0.15, -0.1) is 0 Å². The second kappa shape index (κ2) is 3.73. The van der Waals surface area contributed by atoms with Gasteiger partial charge in [0.15, 0.2) is 9.84 Å². The van der Waals surface area contributed by atoms with Gasteiger partial charge in [0, 0.05) is 5.56 Å². The van der Waals surface area contributed by atoms with Gasteiger partial charge in [0.1, 0.15) is 5.76 Å². The molecule has 0 aliphatic carbocycles. The summed E-state index contributed by atoms with van der Waals surface area (Å²) in [5, 5.41) is 3.36. The Labute approximate surface area is 84.2 Å². The second-order valence-corrected chi connectivity index (χ2v) is 6.22. The summed E-state index contributed by atoms with van der Waals surface area (Å²) in [6.07, 6.45) is 0. The minimum atomic E-state index is -3.07. The van der Waals surface area contributed by atoms with Gasteiger partial charge in [-0.05, 0) is 27.7 Å². The molecule has 0 atom stereocenters. The predicted molar refractivity (Wildman–Crippen MR) is 53.7 cm³/mol. The van der Waals surface area contributed by atoms with E-state index in [2.05, 4.69) is 5.16 Å². The van der Waals surface area contributed by atoms with E-state index in [1.807, 2.05) is 0 Å². The van der Waals surface area contributed by atoms with E-state index in [1.54, 1.807) is 27.7 Å². The van der Waals surface area contributed by atoms with Crippen molar-refractivity contribution in [1.29, 1.82) is 0 Å². The zero-order valence-electron chi connectivity index (χ0n) is 8.86. The van der Waals surface area contributed by atoms with E-state index in [9.17, 15) is 8.42 Å². The number of aromatic nitrogens is 1. The van der Waals surface area contributed by atoms with E-state index < -0.39 is 9.84 Å². The Kier molecular flexibility index (Phi) is 2.99. The second-order valence-electron chi connectivity index (χ2n) is 3.66. The molecule has 0 unspecified atom stereocenters. The van der Waals surface area contributed by atoms with E-state index in [1.165, 1.54) is 0 Å². The zero-order chi connectivity index (χ0) is 10.9. The highest BCUT2D eigenvalue weighted by Gasteiger charge is 2.21. The maximum absolute atomic E-state index is 11.6. The van der Waals surface area contributed by atoms with Crippen LogP contribution >= 0.6 is 0 Å². The minimum absolute atomic E-state index is 0.0197. The van der Waals surface area contributed by atoms with Gasteiger partial charge < -0.3 is 4.52 Å². The van der Waals surface area contributed by atoms with E-state index in [0.29, 0.717) is 17.0 Å². The maximum atomic E-state index is 11.6. The fraction of sp³-hybridized carbons (Fsp3) is 0.667. The van der Waals surface area contributed by atoms with Crippen molar-refractivity contribution < 1.29 is 12.9 Å². The average Bonchev–Trinajstić information content (AvgIpc) is 2.35. The third kappa shape index (κ3) is 2.15. The van der Waals surface area contributed by atoms with Crippen molar-refractivity contribution in [1.82, 2.24) is 5.16 Å². The first kappa shape index (κ1) is 11.2. The lowest BCUT2D eigenvalue weighted by atomic mass is 10.2. The highest BCUT2D eigenvalue weighted by Crippen LogP contribution is 2.17. The van der Waals surface area contributed by atoms with Crippen molar-refractivity contribution in [2.24, 2.45) is 0 Å². The third-order valence-electron chi connectivity index (χ3n) is 2.24. The Hall–Kier alpha value is -0.840. The van der Waals surface area contributed by atoms with Crippen LogP contribution in [0.2, 0.25) is 0 Å². The van der Waals surface area contributed by atoms with Crippen molar-refractivity contribution in [3.05, 3.63) is 17.0 Å². The summed E-state index contributed by atoms with van der Waals surface area (Å²) in [7, 11) is -3.07. The molecule has 0 radical (unpaired) electrons. The van der Waals surface area contributed by atoms with Crippen molar-refractivity contribution in [3.8, 4) is 0 Å². The molecule has 0 spiro atoms. The molecular weight excluding hydrogens is 202 g/mol. The zero-order valence-corrected chi connectivity index (χ0v) is 9.68. The van der Waals surface area contributed by atoms with Crippen molar-refractivity contribution in [2.75, 3.05) is 0 Å². The van der Waals surface area contributed by atoms with Crippen LogP contribution in [0, 0.1) is 13.8 Å². The first-order valence-electron chi connectivity index (χ1n) is 4.48. The first-order chi connectivity index (χ1) is 6.34. The summed E-state index contributed by atoms with van der Waals surface area (Å²) < 4.78 is 28.2. The van der Waals surface area contributed by atoms with Crippen LogP contribution in [-0.4, -0.2) is 18.8 Å². The van der Waals surface area contributed by atoms with Gasteiger partial charge in [0.2, 0.25) is 0 Å². The monoisotopic (exact) mass is 217 g/mol. The molecule has 0 aliphatic rings. The van der Waals surface area contributed by atoms with Crippen LogP contribution in [0.5, 0.6) is 0 Å². The molecule has 0 bridgehead atoms. The molecule has 0 N–H and O–H groups in total. The first-order valence-corrected chi connectivity index (χ1v) is 6.19. The number of aryl methyl sites for hydroxylation is 2. The van der Waals surface area contributed by atoms with Crippen LogP contribution in [0.25, 0.3) is 0 Å². The van der Waals surface area contributed by atoms with Gasteiger partial charge in [-0.3, -0.25) is 0 Å². The summed E-state index contributed by atoms with van der Waals surface area (Å²) in [6, 6.07) is 0. The van der Waals surface area contributed by atoms with Crippen LogP contribution < -0.4 is 0 Å². The van der Waals surface area contributed by atoms with Crippen molar-refractivity contribution in [2.45, 2.75) is 38.7 Å². The lowest BCUT2D eigenvalue weighted by molar-refractivity contribution is 0.392. The normalized spacial score (nSPS) is 12.4. The molecule has 5 heteroatoms. The number of rotatable bonds is 3. The lowest BCUT2D eigenvalue weighted by Crippen LogP contribution is -2.16. The molecule has 0 saturated carbocycles. The van der Waals surface area contributed by atoms with Crippen LogP contribution in [0.1, 0.15) is 30.9 Å². The van der Waals surface area contributed by atoms with E-state index >= 15 is 0 Å². The van der Waals surface area contributed by atoms with Crippen LogP contribution in [0.4, 0.5) is 0 Å². The number of hydrogen-bond acceptors (Lipinski definition) is 4. The Morgan fingerprint density at radius 2 is 1.93 bits per heavy atom. The molecule has 1 heterocycles. The average molecular weight is 217 g/mol. The SMILES string of the molecule is Cc1noc(C)c1CS(=O)(=O)C(C)C. The fourth-order valence-electron chi connectivity index (χ4n) is 1.08. The van der Waals surface area contributed by atoms with Gasteiger partial charge >= 0.3 is 0 Å². The fourth-order valence-corrected chi connectivity index (χ4v) is 2.22. The minimum Gasteiger partial charge on any atom is -0.361 e. The van der Waals surface area contributed by atoms with Crippen molar-refractivity contribution in [3.63, 3.8) is 0 Å². The Balaban J connectivity index is 3.01. The van der Waals surface area contributed by atoms with Gasteiger partial charge in [-0.2, -0.15) is 0 Å². The van der Waals surface area contributed by atoms with Gasteiger partial charge in [-0.1, -0.05) is 5.16 Å². The molecule has 1 aromatic rings. The Bertz CT molecular complexity index is 398. The summed E-state index contributed by atoms with van der Waals surface area (Å²) >= 11 is 0. The molecule has 1 aromatic heterocycles. The molecular formula is C9H15NO3S. The Morgan fingerprint density at radius 1 is 1.36 bits per heavy atom. The van der Waals surface area contributed by atoms with Gasteiger partial charge in [0.25, 0.3) is 0 Å². The molecule has 14 heavy (non-hydrogen) atoms. The summed E-state index contributed by atoms with van der Waals surface area (Å²) in [6.45, 7) is 6.83. The molecule has 80 valence electrons. The molecule has 0 saturated heterocycles. The van der Waals surface area contributed by atoms with Crippen LogP contribution in [0.3, 0.4) is 0 Å². The predicted octanol–water partition coefficient (Wildman–Crippen LogP) is 1.61. The quantitative estimate of drug-likeness (QED) is 0.771. The highest BCUT2D eigenvalue weighted by molar-refractivity contribution is 7.91. The van der Waals surface area contributed by atoms with E-state index in [0.717, 1.165) is 0 Å². The lowest BCUT2D eigenvalue weighted by Gasteiger charge is -2.06. The molecule has 0 fully saturated rings. The number of hydrogen-bond donors (Lipinski definition) is 0. The highest BCUT2D eigenvalue weighted by atomic mass is 32.2. The molecule has 4 nitrogen and oxygen atoms in total. The summed E-state index contributed by atoms with van der Waals surface area (Å²) in [5.41, 5.74) is 1.35. The standard InChI is InChI=1S/C9H15NO3S/c1-6(2)14(11,12)5-9-7(3)10-13-8(9)4/h6H,5H2,1-4H3. The smallest absolute Gasteiger partial charge is 0.156 e. The molecule has 0 aliphatic heterocycles. The largest absolute Gasteiger partial charge is 0.361 e.